The van der Waals surface area contributed by atoms with E-state index in [1.54, 1.807) is 39.4 Å². The Hall–Kier alpha value is -1.34. The van der Waals surface area contributed by atoms with Crippen LogP contribution >= 0.6 is 24.0 Å². The number of piperidine rings is 1. The van der Waals surface area contributed by atoms with Crippen LogP contribution in [0.5, 0.6) is 0 Å². The zero-order chi connectivity index (χ0) is 17.0. The van der Waals surface area contributed by atoms with Gasteiger partial charge in [-0.25, -0.2) is 0 Å². The summed E-state index contributed by atoms with van der Waals surface area (Å²) in [6.07, 6.45) is 1.22. The molecule has 2 amide bonds. The zero-order valence-electron chi connectivity index (χ0n) is 14.0. The second-order valence-corrected chi connectivity index (χ2v) is 6.20. The fraction of sp³-hybridized carbons (Fsp3) is 0.500. The van der Waals surface area contributed by atoms with Gasteiger partial charge in [-0.05, 0) is 44.1 Å². The van der Waals surface area contributed by atoms with Gasteiger partial charge in [-0.1, -0.05) is 11.6 Å². The third kappa shape index (κ3) is 4.39. The minimum atomic E-state index is -0.824. The Morgan fingerprint density at radius 1 is 1.29 bits per heavy atom. The molecular weight excluding hydrogens is 353 g/mol. The molecule has 2 N–H and O–H groups in total. The first-order chi connectivity index (χ1) is 10.9. The Kier molecular flexibility index (Phi) is 7.48. The lowest BCUT2D eigenvalue weighted by atomic mass is 9.91. The van der Waals surface area contributed by atoms with Crippen molar-refractivity contribution >= 4 is 41.5 Å². The number of rotatable bonds is 4. The first-order valence-corrected chi connectivity index (χ1v) is 7.86. The van der Waals surface area contributed by atoms with Crippen LogP contribution in [0, 0.1) is 0 Å². The van der Waals surface area contributed by atoms with Gasteiger partial charge in [-0.15, -0.1) is 12.4 Å². The second kappa shape index (κ2) is 8.67. The predicted molar refractivity (Wildman–Crippen MR) is 97.2 cm³/mol. The summed E-state index contributed by atoms with van der Waals surface area (Å²) in [6, 6.07) is 4.87. The van der Waals surface area contributed by atoms with E-state index in [-0.39, 0.29) is 24.2 Å². The number of halogens is 2. The molecule has 0 radical (unpaired) electrons. The van der Waals surface area contributed by atoms with Crippen LogP contribution in [0.3, 0.4) is 0 Å². The minimum Gasteiger partial charge on any atom is -0.368 e. The normalized spacial score (nSPS) is 16.0. The number of nitrogens with one attached hydrogen (secondary N) is 2. The van der Waals surface area contributed by atoms with Gasteiger partial charge in [-0.3, -0.25) is 9.59 Å². The molecule has 1 saturated heterocycles. The molecule has 134 valence electrons. The number of amides is 2. The number of methoxy groups -OCH3 is 1. The maximum absolute atomic E-state index is 12.6. The maximum atomic E-state index is 12.6. The van der Waals surface area contributed by atoms with E-state index in [0.29, 0.717) is 29.1 Å². The van der Waals surface area contributed by atoms with Gasteiger partial charge in [-0.2, -0.15) is 0 Å². The molecule has 1 heterocycles. The number of carbonyl (C=O) groups is 2. The summed E-state index contributed by atoms with van der Waals surface area (Å²) in [5.41, 5.74) is 0.124. The van der Waals surface area contributed by atoms with Crippen LogP contribution in [0.15, 0.2) is 18.2 Å². The van der Waals surface area contributed by atoms with Crippen LogP contribution in [0.1, 0.15) is 23.2 Å². The highest BCUT2D eigenvalue weighted by atomic mass is 35.5. The largest absolute Gasteiger partial charge is 0.368 e. The molecule has 1 aromatic carbocycles. The smallest absolute Gasteiger partial charge is 0.256 e. The SMILES string of the molecule is COC1(C(=O)Nc2ccc(C(=O)N(C)C)c(Cl)c2)CCNCC1.Cl. The third-order valence-corrected chi connectivity index (χ3v) is 4.39. The van der Waals surface area contributed by atoms with E-state index in [1.807, 2.05) is 0 Å². The van der Waals surface area contributed by atoms with Crippen LogP contribution < -0.4 is 10.6 Å². The molecule has 6 nitrogen and oxygen atoms in total. The van der Waals surface area contributed by atoms with Crippen molar-refractivity contribution in [1.29, 1.82) is 0 Å². The molecule has 1 aliphatic heterocycles. The van der Waals surface area contributed by atoms with Crippen LogP contribution in [-0.4, -0.2) is 56.6 Å². The van der Waals surface area contributed by atoms with Gasteiger partial charge in [0.1, 0.15) is 5.60 Å². The van der Waals surface area contributed by atoms with Gasteiger partial charge in [0, 0.05) is 26.9 Å². The van der Waals surface area contributed by atoms with E-state index < -0.39 is 5.60 Å². The summed E-state index contributed by atoms with van der Waals surface area (Å²) in [5, 5.41) is 6.35. The van der Waals surface area contributed by atoms with Crippen LogP contribution in [0.4, 0.5) is 5.69 Å². The molecule has 0 spiro atoms. The molecule has 0 unspecified atom stereocenters. The van der Waals surface area contributed by atoms with Crippen LogP contribution in [0.25, 0.3) is 0 Å². The topological polar surface area (TPSA) is 70.7 Å². The number of anilines is 1. The molecule has 1 aliphatic rings. The number of hydrogen-bond donors (Lipinski definition) is 2. The van der Waals surface area contributed by atoms with Gasteiger partial charge in [0.15, 0.2) is 0 Å². The highest BCUT2D eigenvalue weighted by Crippen LogP contribution is 2.26. The van der Waals surface area contributed by atoms with Crippen LogP contribution in [0.2, 0.25) is 5.02 Å². The van der Waals surface area contributed by atoms with Crippen molar-refractivity contribution in [2.75, 3.05) is 39.6 Å². The second-order valence-electron chi connectivity index (χ2n) is 5.80. The Morgan fingerprint density at radius 2 is 1.92 bits per heavy atom. The molecule has 0 bridgehead atoms. The molecule has 0 aromatic heterocycles. The van der Waals surface area contributed by atoms with Crippen molar-refractivity contribution in [3.63, 3.8) is 0 Å². The molecule has 0 atom stereocenters. The predicted octanol–water partition coefficient (Wildman–Crippen LogP) is 2.17. The molecule has 2 rings (SSSR count). The number of hydrogen-bond acceptors (Lipinski definition) is 4. The minimum absolute atomic E-state index is 0. The number of nitrogens with zero attached hydrogens (tertiary/aromatic N) is 1. The first kappa shape index (κ1) is 20.7. The molecule has 1 aromatic rings. The molecular formula is C16H23Cl2N3O3. The molecule has 0 saturated carbocycles. The summed E-state index contributed by atoms with van der Waals surface area (Å²) in [5.74, 6) is -0.371. The highest BCUT2D eigenvalue weighted by molar-refractivity contribution is 6.34. The van der Waals surface area contributed by atoms with Gasteiger partial charge >= 0.3 is 0 Å². The van der Waals surface area contributed by atoms with Crippen LogP contribution in [-0.2, 0) is 9.53 Å². The lowest BCUT2D eigenvalue weighted by Gasteiger charge is -2.34. The fourth-order valence-corrected chi connectivity index (χ4v) is 2.87. The summed E-state index contributed by atoms with van der Waals surface area (Å²) in [7, 11) is 4.87. The maximum Gasteiger partial charge on any atom is 0.256 e. The van der Waals surface area contributed by atoms with Gasteiger partial charge in [0.2, 0.25) is 0 Å². The Bertz CT molecular complexity index is 602. The lowest BCUT2D eigenvalue weighted by molar-refractivity contribution is -0.140. The van der Waals surface area contributed by atoms with Gasteiger partial charge in [0.25, 0.3) is 11.8 Å². The van der Waals surface area contributed by atoms with E-state index in [4.69, 9.17) is 16.3 Å². The average Bonchev–Trinajstić information content (AvgIpc) is 2.54. The third-order valence-electron chi connectivity index (χ3n) is 4.08. The van der Waals surface area contributed by atoms with Gasteiger partial charge < -0.3 is 20.3 Å². The first-order valence-electron chi connectivity index (χ1n) is 7.48. The molecule has 8 heteroatoms. The molecule has 1 fully saturated rings. The Morgan fingerprint density at radius 3 is 2.42 bits per heavy atom. The van der Waals surface area contributed by atoms with Gasteiger partial charge in [0.05, 0.1) is 10.6 Å². The van der Waals surface area contributed by atoms with E-state index >= 15 is 0 Å². The van der Waals surface area contributed by atoms with Crippen molar-refractivity contribution in [3.05, 3.63) is 28.8 Å². The quantitative estimate of drug-likeness (QED) is 0.845. The standard InChI is InChI=1S/C16H22ClN3O3.ClH/c1-20(2)14(21)12-5-4-11(10-13(12)17)19-15(22)16(23-3)6-8-18-9-7-16;/h4-5,10,18H,6-9H2,1-3H3,(H,19,22);1H. The monoisotopic (exact) mass is 375 g/mol. The summed E-state index contributed by atoms with van der Waals surface area (Å²) in [4.78, 5) is 26.0. The van der Waals surface area contributed by atoms with E-state index in [1.165, 1.54) is 4.90 Å². The number of ether oxygens (including phenoxy) is 1. The molecule has 0 aliphatic carbocycles. The van der Waals surface area contributed by atoms with Crippen molar-refractivity contribution in [2.45, 2.75) is 18.4 Å². The van der Waals surface area contributed by atoms with Crippen molar-refractivity contribution in [1.82, 2.24) is 10.2 Å². The average molecular weight is 376 g/mol. The van der Waals surface area contributed by atoms with E-state index in [9.17, 15) is 9.59 Å². The number of benzene rings is 1. The summed E-state index contributed by atoms with van der Waals surface area (Å²) >= 11 is 6.17. The summed E-state index contributed by atoms with van der Waals surface area (Å²) < 4.78 is 5.49. The zero-order valence-corrected chi connectivity index (χ0v) is 15.6. The molecule has 24 heavy (non-hydrogen) atoms. The highest BCUT2D eigenvalue weighted by Gasteiger charge is 2.39. The fourth-order valence-electron chi connectivity index (χ4n) is 2.61. The van der Waals surface area contributed by atoms with Crippen molar-refractivity contribution < 1.29 is 14.3 Å². The lowest BCUT2D eigenvalue weighted by Crippen LogP contribution is -2.51. The number of carbonyl (C=O) groups excluding carboxylic acids is 2. The van der Waals surface area contributed by atoms with Crippen molar-refractivity contribution in [3.8, 4) is 0 Å². The van der Waals surface area contributed by atoms with Crippen molar-refractivity contribution in [2.24, 2.45) is 0 Å². The Labute approximate surface area is 153 Å². The summed E-state index contributed by atoms with van der Waals surface area (Å²) in [6.45, 7) is 1.47. The van der Waals surface area contributed by atoms with E-state index in [2.05, 4.69) is 10.6 Å². The Balaban J connectivity index is 0.00000288. The van der Waals surface area contributed by atoms with E-state index in [0.717, 1.165) is 13.1 Å².